The van der Waals surface area contributed by atoms with Crippen molar-refractivity contribution in [1.29, 1.82) is 0 Å². The van der Waals surface area contributed by atoms with Crippen molar-refractivity contribution in [1.82, 2.24) is 19.7 Å². The van der Waals surface area contributed by atoms with E-state index in [4.69, 9.17) is 4.74 Å². The highest BCUT2D eigenvalue weighted by atomic mass is 32.1. The molecule has 1 fully saturated rings. The van der Waals surface area contributed by atoms with Gasteiger partial charge in [-0.1, -0.05) is 6.07 Å². The maximum Gasteiger partial charge on any atom is 0.260 e. The zero-order valence-corrected chi connectivity index (χ0v) is 18.4. The van der Waals surface area contributed by atoms with E-state index >= 15 is 0 Å². The highest BCUT2D eigenvalue weighted by molar-refractivity contribution is 7.13. The lowest BCUT2D eigenvalue weighted by Crippen LogP contribution is -2.39. The van der Waals surface area contributed by atoms with E-state index in [-0.39, 0.29) is 11.8 Å². The molecular formula is C22H25N5O3S. The average molecular weight is 440 g/mol. The number of hydrogen-bond donors (Lipinski definition) is 1. The van der Waals surface area contributed by atoms with Crippen LogP contribution in [-0.2, 0) is 13.5 Å². The van der Waals surface area contributed by atoms with Crippen molar-refractivity contribution in [2.75, 3.05) is 25.5 Å². The molecule has 4 rings (SSSR count). The van der Waals surface area contributed by atoms with E-state index in [0.29, 0.717) is 47.4 Å². The molecule has 1 aliphatic heterocycles. The normalized spacial score (nSPS) is 14.5. The first-order valence-corrected chi connectivity index (χ1v) is 11.1. The molecule has 0 aliphatic carbocycles. The SMILES string of the molecule is COc1cccc(C(=O)N2CCC(Cc3nn(C)cc3C(=O)Nc3nccs3)CC2)c1. The third-order valence-corrected chi connectivity index (χ3v) is 6.19. The Balaban J connectivity index is 1.37. The van der Waals surface area contributed by atoms with E-state index in [1.54, 1.807) is 30.3 Å². The summed E-state index contributed by atoms with van der Waals surface area (Å²) in [6, 6.07) is 7.25. The van der Waals surface area contributed by atoms with Gasteiger partial charge < -0.3 is 9.64 Å². The zero-order chi connectivity index (χ0) is 21.8. The smallest absolute Gasteiger partial charge is 0.260 e. The monoisotopic (exact) mass is 439 g/mol. The Morgan fingerprint density at radius 1 is 1.29 bits per heavy atom. The van der Waals surface area contributed by atoms with Crippen molar-refractivity contribution in [2.45, 2.75) is 19.3 Å². The van der Waals surface area contributed by atoms with Gasteiger partial charge in [-0.15, -0.1) is 11.3 Å². The Kier molecular flexibility index (Phi) is 6.31. The molecule has 9 heteroatoms. The first-order chi connectivity index (χ1) is 15.0. The Hall–Kier alpha value is -3.20. The predicted molar refractivity (Wildman–Crippen MR) is 119 cm³/mol. The van der Waals surface area contributed by atoms with Crippen LogP contribution in [0.3, 0.4) is 0 Å². The molecule has 0 atom stereocenters. The van der Waals surface area contributed by atoms with Crippen LogP contribution in [0.4, 0.5) is 5.13 Å². The minimum Gasteiger partial charge on any atom is -0.497 e. The summed E-state index contributed by atoms with van der Waals surface area (Å²) in [6.45, 7) is 1.38. The summed E-state index contributed by atoms with van der Waals surface area (Å²) < 4.78 is 6.90. The summed E-state index contributed by atoms with van der Waals surface area (Å²) in [6.07, 6.45) is 5.87. The maximum absolute atomic E-state index is 12.8. The minimum absolute atomic E-state index is 0.0266. The van der Waals surface area contributed by atoms with Crippen molar-refractivity contribution in [2.24, 2.45) is 13.0 Å². The number of likely N-dealkylation sites (tertiary alicyclic amines) is 1. The second-order valence-electron chi connectivity index (χ2n) is 7.63. The van der Waals surface area contributed by atoms with Gasteiger partial charge in [0.2, 0.25) is 0 Å². The van der Waals surface area contributed by atoms with Crippen LogP contribution in [0.1, 0.15) is 39.3 Å². The second kappa shape index (κ2) is 9.30. The van der Waals surface area contributed by atoms with Gasteiger partial charge in [0, 0.05) is 43.5 Å². The number of anilines is 1. The Labute approximate surface area is 184 Å². The number of amides is 2. The summed E-state index contributed by atoms with van der Waals surface area (Å²) in [7, 11) is 3.41. The Morgan fingerprint density at radius 3 is 2.81 bits per heavy atom. The summed E-state index contributed by atoms with van der Waals surface area (Å²) in [4.78, 5) is 31.5. The molecule has 2 amide bonds. The van der Waals surface area contributed by atoms with Crippen molar-refractivity contribution < 1.29 is 14.3 Å². The van der Waals surface area contributed by atoms with E-state index < -0.39 is 0 Å². The maximum atomic E-state index is 12.8. The van der Waals surface area contributed by atoms with Crippen LogP contribution in [0.15, 0.2) is 42.0 Å². The number of carbonyl (C=O) groups excluding carboxylic acids is 2. The van der Waals surface area contributed by atoms with Crippen LogP contribution in [0.25, 0.3) is 0 Å². The third kappa shape index (κ3) is 4.93. The first-order valence-electron chi connectivity index (χ1n) is 10.2. The molecule has 0 saturated carbocycles. The second-order valence-corrected chi connectivity index (χ2v) is 8.52. The largest absolute Gasteiger partial charge is 0.497 e. The third-order valence-electron chi connectivity index (χ3n) is 5.50. The van der Waals surface area contributed by atoms with Gasteiger partial charge in [0.25, 0.3) is 11.8 Å². The van der Waals surface area contributed by atoms with E-state index in [1.165, 1.54) is 11.3 Å². The van der Waals surface area contributed by atoms with Crippen molar-refractivity contribution in [3.63, 3.8) is 0 Å². The lowest BCUT2D eigenvalue weighted by atomic mass is 9.91. The Morgan fingerprint density at radius 2 is 2.10 bits per heavy atom. The zero-order valence-electron chi connectivity index (χ0n) is 17.6. The number of nitrogens with one attached hydrogen (secondary N) is 1. The molecular weight excluding hydrogens is 414 g/mol. The lowest BCUT2D eigenvalue weighted by molar-refractivity contribution is 0.0690. The molecule has 0 spiro atoms. The fourth-order valence-corrected chi connectivity index (χ4v) is 4.40. The fourth-order valence-electron chi connectivity index (χ4n) is 3.88. The van der Waals surface area contributed by atoms with Crippen LogP contribution in [0.5, 0.6) is 5.75 Å². The number of piperidine rings is 1. The molecule has 1 N–H and O–H groups in total. The molecule has 1 saturated heterocycles. The molecule has 162 valence electrons. The number of aryl methyl sites for hydroxylation is 1. The average Bonchev–Trinajstić information content (AvgIpc) is 3.43. The van der Waals surface area contributed by atoms with Crippen LogP contribution < -0.4 is 10.1 Å². The van der Waals surface area contributed by atoms with Gasteiger partial charge in [-0.3, -0.25) is 19.6 Å². The van der Waals surface area contributed by atoms with Crippen LogP contribution in [-0.4, -0.2) is 51.7 Å². The molecule has 31 heavy (non-hydrogen) atoms. The van der Waals surface area contributed by atoms with Gasteiger partial charge in [0.1, 0.15) is 5.75 Å². The highest BCUT2D eigenvalue weighted by Crippen LogP contribution is 2.25. The molecule has 0 unspecified atom stereocenters. The number of ether oxygens (including phenoxy) is 1. The van der Waals surface area contributed by atoms with Crippen molar-refractivity contribution in [3.8, 4) is 5.75 Å². The number of aromatic nitrogens is 3. The molecule has 3 heterocycles. The quantitative estimate of drug-likeness (QED) is 0.637. The summed E-state index contributed by atoms with van der Waals surface area (Å²) in [5.41, 5.74) is 2.00. The van der Waals surface area contributed by atoms with Gasteiger partial charge in [-0.25, -0.2) is 4.98 Å². The van der Waals surface area contributed by atoms with Crippen molar-refractivity contribution in [3.05, 3.63) is 58.9 Å². The summed E-state index contributed by atoms with van der Waals surface area (Å²) >= 11 is 1.38. The number of thiazole rings is 1. The van der Waals surface area contributed by atoms with Crippen LogP contribution in [0, 0.1) is 5.92 Å². The highest BCUT2D eigenvalue weighted by Gasteiger charge is 2.26. The lowest BCUT2D eigenvalue weighted by Gasteiger charge is -2.32. The summed E-state index contributed by atoms with van der Waals surface area (Å²) in [5, 5.41) is 9.74. The number of carbonyl (C=O) groups is 2. The number of rotatable bonds is 6. The van der Waals surface area contributed by atoms with Crippen LogP contribution in [0.2, 0.25) is 0 Å². The number of hydrogen-bond acceptors (Lipinski definition) is 6. The number of benzene rings is 1. The predicted octanol–water partition coefficient (Wildman–Crippen LogP) is 3.23. The topological polar surface area (TPSA) is 89.4 Å². The van der Waals surface area contributed by atoms with Gasteiger partial charge >= 0.3 is 0 Å². The molecule has 0 bridgehead atoms. The molecule has 3 aromatic rings. The first kappa shape index (κ1) is 21.0. The number of methoxy groups -OCH3 is 1. The molecule has 1 aromatic carbocycles. The molecule has 8 nitrogen and oxygen atoms in total. The van der Waals surface area contributed by atoms with Crippen molar-refractivity contribution >= 4 is 28.3 Å². The van der Waals surface area contributed by atoms with Crippen LogP contribution >= 0.6 is 11.3 Å². The van der Waals surface area contributed by atoms with E-state index in [9.17, 15) is 9.59 Å². The van der Waals surface area contributed by atoms with Gasteiger partial charge in [-0.2, -0.15) is 5.10 Å². The van der Waals surface area contributed by atoms with E-state index in [2.05, 4.69) is 15.4 Å². The van der Waals surface area contributed by atoms with Gasteiger partial charge in [-0.05, 0) is 43.4 Å². The van der Waals surface area contributed by atoms with Gasteiger partial charge in [0.05, 0.1) is 18.4 Å². The molecule has 2 aromatic heterocycles. The van der Waals surface area contributed by atoms with E-state index in [1.807, 2.05) is 35.5 Å². The molecule has 1 aliphatic rings. The standard InChI is InChI=1S/C22H25N5O3S/c1-26-14-18(20(28)24-22-23-8-11-31-22)19(25-26)12-15-6-9-27(10-7-15)21(29)16-4-3-5-17(13-16)30-2/h3-5,8,11,13-15H,6-7,9-10,12H2,1-2H3,(H,23,24,28). The number of nitrogens with zero attached hydrogens (tertiary/aromatic N) is 4. The van der Waals surface area contributed by atoms with Gasteiger partial charge in [0.15, 0.2) is 5.13 Å². The molecule has 0 radical (unpaired) electrons. The summed E-state index contributed by atoms with van der Waals surface area (Å²) in [5.74, 6) is 0.887. The minimum atomic E-state index is -0.191. The fraction of sp³-hybridized carbons (Fsp3) is 0.364. The van der Waals surface area contributed by atoms with E-state index in [0.717, 1.165) is 18.5 Å². The Bertz CT molecular complexity index is 1060.